The summed E-state index contributed by atoms with van der Waals surface area (Å²) < 4.78 is 7.51. The van der Waals surface area contributed by atoms with Gasteiger partial charge in [0.15, 0.2) is 0 Å². The average Bonchev–Trinajstić information content (AvgIpc) is 3.34. The summed E-state index contributed by atoms with van der Waals surface area (Å²) in [5, 5.41) is 4.31. The summed E-state index contributed by atoms with van der Waals surface area (Å²) in [5.41, 5.74) is 1.68. The molecule has 3 saturated heterocycles. The molecule has 3 aliphatic rings. The number of hydrogen-bond donors (Lipinski definition) is 0. The van der Waals surface area contributed by atoms with Crippen LogP contribution < -0.4 is 4.90 Å². The van der Waals surface area contributed by atoms with Crippen LogP contribution in [0.25, 0.3) is 0 Å². The number of aromatic nitrogens is 2. The van der Waals surface area contributed by atoms with E-state index in [1.807, 2.05) is 30.3 Å². The molecule has 24 heavy (non-hydrogen) atoms. The molecule has 0 saturated carbocycles. The van der Waals surface area contributed by atoms with Crippen molar-refractivity contribution in [2.45, 2.75) is 31.6 Å². The molecule has 2 aromatic rings. The van der Waals surface area contributed by atoms with Gasteiger partial charge < -0.3 is 4.74 Å². The molecule has 0 spiro atoms. The maximum absolute atomic E-state index is 12.7. The molecule has 122 valence electrons. The molecule has 1 aromatic heterocycles. The molecule has 0 unspecified atom stereocenters. The molecule has 0 aliphatic carbocycles. The Kier molecular flexibility index (Phi) is 2.91. The fraction of sp³-hybridized carbons (Fsp3) is 0.389. The van der Waals surface area contributed by atoms with Gasteiger partial charge in [-0.3, -0.25) is 14.3 Å². The first-order chi connectivity index (χ1) is 11.7. The molecule has 2 amide bonds. The summed E-state index contributed by atoms with van der Waals surface area (Å²) in [6.07, 6.45) is 4.97. The van der Waals surface area contributed by atoms with Gasteiger partial charge in [-0.05, 0) is 18.4 Å². The third kappa shape index (κ3) is 1.89. The third-order valence-electron chi connectivity index (χ3n) is 5.35. The Morgan fingerprint density at radius 2 is 1.71 bits per heavy atom. The number of amides is 2. The summed E-state index contributed by atoms with van der Waals surface area (Å²) in [6.45, 7) is 0.609. The van der Waals surface area contributed by atoms with E-state index in [-0.39, 0.29) is 35.9 Å². The van der Waals surface area contributed by atoms with Crippen LogP contribution in [0.5, 0.6) is 0 Å². The second kappa shape index (κ2) is 5.01. The minimum atomic E-state index is -0.297. The maximum Gasteiger partial charge on any atom is 0.240 e. The van der Waals surface area contributed by atoms with Gasteiger partial charge in [-0.2, -0.15) is 5.10 Å². The van der Waals surface area contributed by atoms with Crippen LogP contribution in [0.4, 0.5) is 5.69 Å². The Morgan fingerprint density at radius 3 is 2.38 bits per heavy atom. The van der Waals surface area contributed by atoms with Gasteiger partial charge in [0.05, 0.1) is 42.5 Å². The first-order valence-electron chi connectivity index (χ1n) is 8.32. The van der Waals surface area contributed by atoms with E-state index in [2.05, 4.69) is 5.10 Å². The highest BCUT2D eigenvalue weighted by Gasteiger charge is 2.62. The lowest BCUT2D eigenvalue weighted by atomic mass is 9.81. The largest absolute Gasteiger partial charge is 0.373 e. The average molecular weight is 323 g/mol. The number of rotatable bonds is 3. The van der Waals surface area contributed by atoms with Crippen LogP contribution in [0.2, 0.25) is 0 Å². The molecule has 6 nitrogen and oxygen atoms in total. The van der Waals surface area contributed by atoms with Crippen LogP contribution in [0.15, 0.2) is 42.7 Å². The number of carbonyl (C=O) groups excluding carboxylic acids is 2. The number of carbonyl (C=O) groups is 2. The molecule has 4 heterocycles. The Hall–Kier alpha value is -2.47. The van der Waals surface area contributed by atoms with Crippen molar-refractivity contribution < 1.29 is 14.3 Å². The van der Waals surface area contributed by atoms with Crippen molar-refractivity contribution in [1.82, 2.24) is 9.78 Å². The number of anilines is 1. The lowest BCUT2D eigenvalue weighted by molar-refractivity contribution is -0.124. The quantitative estimate of drug-likeness (QED) is 0.805. The zero-order chi connectivity index (χ0) is 16.3. The van der Waals surface area contributed by atoms with Crippen molar-refractivity contribution >= 4 is 17.5 Å². The topological polar surface area (TPSA) is 64.4 Å². The smallest absolute Gasteiger partial charge is 0.240 e. The second-order valence-corrected chi connectivity index (χ2v) is 6.74. The van der Waals surface area contributed by atoms with Crippen LogP contribution >= 0.6 is 0 Å². The maximum atomic E-state index is 12.7. The van der Waals surface area contributed by atoms with E-state index < -0.39 is 0 Å². The highest BCUT2D eigenvalue weighted by Crippen LogP contribution is 2.49. The molecule has 3 fully saturated rings. The monoisotopic (exact) mass is 323 g/mol. The summed E-state index contributed by atoms with van der Waals surface area (Å²) in [5.74, 6) is -0.852. The molecule has 6 heteroatoms. The van der Waals surface area contributed by atoms with Gasteiger partial charge in [0.2, 0.25) is 11.8 Å². The van der Waals surface area contributed by atoms with Crippen molar-refractivity contribution in [3.8, 4) is 0 Å². The molecular weight excluding hydrogens is 306 g/mol. The van der Waals surface area contributed by atoms with Crippen LogP contribution in [-0.2, 0) is 20.9 Å². The molecule has 2 bridgehead atoms. The summed E-state index contributed by atoms with van der Waals surface area (Å²) in [4.78, 5) is 26.8. The fourth-order valence-corrected chi connectivity index (χ4v) is 4.29. The SMILES string of the molecule is O=C1[C@@H]2[C@@H](C(=O)N1c1cnn(Cc3ccccc3)c1)[C@H]1CC[C@@H]2O1. The van der Waals surface area contributed by atoms with E-state index in [4.69, 9.17) is 4.74 Å². The normalized spacial score (nSPS) is 31.1. The Labute approximate surface area is 139 Å². The predicted molar refractivity (Wildman–Crippen MR) is 85.1 cm³/mol. The zero-order valence-corrected chi connectivity index (χ0v) is 13.0. The van der Waals surface area contributed by atoms with Gasteiger partial charge in [-0.15, -0.1) is 0 Å². The molecule has 0 radical (unpaired) electrons. The van der Waals surface area contributed by atoms with E-state index in [1.54, 1.807) is 17.1 Å². The van der Waals surface area contributed by atoms with Crippen LogP contribution in [-0.4, -0.2) is 33.8 Å². The molecule has 4 atom stereocenters. The zero-order valence-electron chi connectivity index (χ0n) is 13.0. The minimum absolute atomic E-state index is 0.0826. The molecular formula is C18H17N3O3. The van der Waals surface area contributed by atoms with E-state index >= 15 is 0 Å². The Balaban J connectivity index is 1.41. The van der Waals surface area contributed by atoms with Crippen molar-refractivity contribution in [2.75, 3.05) is 4.90 Å². The number of ether oxygens (including phenoxy) is 1. The predicted octanol–water partition coefficient (Wildman–Crippen LogP) is 1.60. The number of fused-ring (bicyclic) bond motifs is 5. The summed E-state index contributed by atoms with van der Waals surface area (Å²) >= 11 is 0. The van der Waals surface area contributed by atoms with Gasteiger partial charge in [0, 0.05) is 6.20 Å². The van der Waals surface area contributed by atoms with Crippen LogP contribution in [0.3, 0.4) is 0 Å². The molecule has 1 aromatic carbocycles. The number of hydrogen-bond acceptors (Lipinski definition) is 4. The van der Waals surface area contributed by atoms with Crippen LogP contribution in [0, 0.1) is 11.8 Å². The van der Waals surface area contributed by atoms with Crippen molar-refractivity contribution in [2.24, 2.45) is 11.8 Å². The molecule has 5 rings (SSSR count). The van der Waals surface area contributed by atoms with Gasteiger partial charge in [-0.1, -0.05) is 30.3 Å². The number of benzene rings is 1. The second-order valence-electron chi connectivity index (χ2n) is 6.74. The van der Waals surface area contributed by atoms with Gasteiger partial charge >= 0.3 is 0 Å². The lowest BCUT2D eigenvalue weighted by Crippen LogP contribution is -2.33. The highest BCUT2D eigenvalue weighted by atomic mass is 16.5. The fourth-order valence-electron chi connectivity index (χ4n) is 4.29. The third-order valence-corrected chi connectivity index (χ3v) is 5.35. The van der Waals surface area contributed by atoms with Gasteiger partial charge in [-0.25, -0.2) is 4.90 Å². The van der Waals surface area contributed by atoms with Crippen molar-refractivity contribution in [1.29, 1.82) is 0 Å². The van der Waals surface area contributed by atoms with Gasteiger partial charge in [0.25, 0.3) is 0 Å². The number of imide groups is 1. The first-order valence-corrected chi connectivity index (χ1v) is 8.32. The Morgan fingerprint density at radius 1 is 1.04 bits per heavy atom. The Bertz CT molecular complexity index is 788. The van der Waals surface area contributed by atoms with Crippen molar-refractivity contribution in [3.63, 3.8) is 0 Å². The summed E-state index contributed by atoms with van der Waals surface area (Å²) in [7, 11) is 0. The first kappa shape index (κ1) is 13.9. The van der Waals surface area contributed by atoms with Gasteiger partial charge in [0.1, 0.15) is 0 Å². The van der Waals surface area contributed by atoms with E-state index in [1.165, 1.54) is 4.90 Å². The highest BCUT2D eigenvalue weighted by molar-refractivity contribution is 6.22. The molecule has 0 N–H and O–H groups in total. The minimum Gasteiger partial charge on any atom is -0.373 e. The van der Waals surface area contributed by atoms with E-state index in [0.29, 0.717) is 12.2 Å². The van der Waals surface area contributed by atoms with Crippen molar-refractivity contribution in [3.05, 3.63) is 48.3 Å². The molecule has 3 aliphatic heterocycles. The van der Waals surface area contributed by atoms with E-state index in [0.717, 1.165) is 18.4 Å². The van der Waals surface area contributed by atoms with Crippen LogP contribution in [0.1, 0.15) is 18.4 Å². The summed E-state index contributed by atoms with van der Waals surface area (Å²) in [6, 6.07) is 9.96. The lowest BCUT2D eigenvalue weighted by Gasteiger charge is -2.15. The van der Waals surface area contributed by atoms with E-state index in [9.17, 15) is 9.59 Å². The standard InChI is InChI=1S/C18H17N3O3/c22-17-15-13-6-7-14(24-13)16(15)18(23)21(17)12-8-19-20(10-12)9-11-4-2-1-3-5-11/h1-5,8,10,13-16H,6-7,9H2/t13-,14+,15-,16-/m0/s1. The number of nitrogens with zero attached hydrogens (tertiary/aromatic N) is 3.